The number of halogens is 3. The van der Waals surface area contributed by atoms with Crippen LogP contribution in [-0.4, -0.2) is 55.9 Å². The molecular formula is C18H22BF3N2O5. The molecule has 2 heterocycles. The number of hydrogen-bond acceptors (Lipinski definition) is 5. The van der Waals surface area contributed by atoms with Gasteiger partial charge in [-0.25, -0.2) is 9.18 Å². The number of carbonyl (C=O) groups excluding carboxylic acids is 2. The summed E-state index contributed by atoms with van der Waals surface area (Å²) in [5.41, 5.74) is -0.828. The number of nitrogens with one attached hydrogen (secondary N) is 1. The second-order valence-corrected chi connectivity index (χ2v) is 7.96. The zero-order chi connectivity index (χ0) is 21.6. The van der Waals surface area contributed by atoms with Gasteiger partial charge in [0.25, 0.3) is 5.91 Å². The van der Waals surface area contributed by atoms with Crippen molar-refractivity contribution in [2.45, 2.75) is 51.4 Å². The van der Waals surface area contributed by atoms with Crippen molar-refractivity contribution in [2.75, 3.05) is 18.0 Å². The molecule has 2 fully saturated rings. The molecule has 2 saturated heterocycles. The van der Waals surface area contributed by atoms with E-state index in [1.165, 1.54) is 12.1 Å². The highest BCUT2D eigenvalue weighted by Gasteiger charge is 2.52. The number of rotatable bonds is 5. The Morgan fingerprint density at radius 3 is 2.45 bits per heavy atom. The van der Waals surface area contributed by atoms with Gasteiger partial charge in [-0.05, 0) is 39.8 Å². The minimum atomic E-state index is -3.15. The number of amides is 2. The van der Waals surface area contributed by atoms with E-state index < -0.39 is 48.7 Å². The van der Waals surface area contributed by atoms with Crippen LogP contribution in [0.5, 0.6) is 0 Å². The third-order valence-electron chi connectivity index (χ3n) is 5.38. The quantitative estimate of drug-likeness (QED) is 0.745. The van der Waals surface area contributed by atoms with E-state index >= 15 is 0 Å². The normalized spacial score (nSPS) is 22.9. The van der Waals surface area contributed by atoms with Crippen molar-refractivity contribution in [3.8, 4) is 0 Å². The van der Waals surface area contributed by atoms with Crippen LogP contribution < -0.4 is 15.7 Å². The first-order chi connectivity index (χ1) is 13.4. The fraction of sp³-hybridized carbons (Fsp3) is 0.556. The summed E-state index contributed by atoms with van der Waals surface area (Å²) in [5.74, 6) is -2.07. The molecule has 1 aromatic rings. The Bertz CT molecular complexity index is 805. The molecule has 0 saturated carbocycles. The van der Waals surface area contributed by atoms with E-state index in [-0.39, 0.29) is 24.2 Å². The van der Waals surface area contributed by atoms with Crippen LogP contribution in [0.25, 0.3) is 0 Å². The maximum absolute atomic E-state index is 14.7. The van der Waals surface area contributed by atoms with Crippen molar-refractivity contribution in [3.05, 3.63) is 24.0 Å². The molecule has 29 heavy (non-hydrogen) atoms. The summed E-state index contributed by atoms with van der Waals surface area (Å²) in [6, 6.07) is 4.14. The highest BCUT2D eigenvalue weighted by molar-refractivity contribution is 6.62. The van der Waals surface area contributed by atoms with Crippen molar-refractivity contribution in [3.63, 3.8) is 0 Å². The Labute approximate surface area is 166 Å². The second-order valence-electron chi connectivity index (χ2n) is 7.96. The summed E-state index contributed by atoms with van der Waals surface area (Å²) >= 11 is 0. The lowest BCUT2D eigenvalue weighted by molar-refractivity contribution is -0.132. The van der Waals surface area contributed by atoms with E-state index in [2.05, 4.69) is 0 Å². The van der Waals surface area contributed by atoms with Crippen molar-refractivity contribution >= 4 is 30.3 Å². The molecule has 1 aromatic carbocycles. The first-order valence-electron chi connectivity index (χ1n) is 9.10. The summed E-state index contributed by atoms with van der Waals surface area (Å²) in [6.07, 6.45) is -4.74. The van der Waals surface area contributed by atoms with Gasteiger partial charge in [0.2, 0.25) is 0 Å². The monoisotopic (exact) mass is 414 g/mol. The van der Waals surface area contributed by atoms with Gasteiger partial charge < -0.3 is 19.4 Å². The van der Waals surface area contributed by atoms with Crippen molar-refractivity contribution in [1.82, 2.24) is 5.32 Å². The van der Waals surface area contributed by atoms with Gasteiger partial charge in [0.1, 0.15) is 11.9 Å². The van der Waals surface area contributed by atoms with Crippen LogP contribution in [0.2, 0.25) is 0 Å². The molecule has 158 valence electrons. The molecule has 0 aromatic heterocycles. The first kappa shape index (κ1) is 21.4. The average molecular weight is 414 g/mol. The lowest BCUT2D eigenvalue weighted by Gasteiger charge is -2.32. The molecule has 0 bridgehead atoms. The van der Waals surface area contributed by atoms with Gasteiger partial charge in [0.05, 0.1) is 30.0 Å². The maximum Gasteiger partial charge on any atom is 0.497 e. The topological polar surface area (TPSA) is 77.1 Å². The van der Waals surface area contributed by atoms with E-state index in [0.717, 1.165) is 11.0 Å². The zero-order valence-corrected chi connectivity index (χ0v) is 16.5. The first-order valence-corrected chi connectivity index (χ1v) is 9.10. The average Bonchev–Trinajstić information content (AvgIpc) is 3.08. The predicted molar refractivity (Wildman–Crippen MR) is 98.7 cm³/mol. The Morgan fingerprint density at radius 2 is 1.90 bits per heavy atom. The molecule has 2 aliphatic heterocycles. The fourth-order valence-corrected chi connectivity index (χ4v) is 2.98. The third kappa shape index (κ3) is 4.20. The van der Waals surface area contributed by atoms with Crippen LogP contribution in [0.15, 0.2) is 18.2 Å². The van der Waals surface area contributed by atoms with Gasteiger partial charge in [-0.3, -0.25) is 9.69 Å². The number of carbonyl (C=O) groups is 2. The van der Waals surface area contributed by atoms with Crippen LogP contribution >= 0.6 is 0 Å². The number of alkyl halides is 2. The van der Waals surface area contributed by atoms with Crippen molar-refractivity contribution in [1.29, 1.82) is 0 Å². The molecule has 1 atom stereocenters. The van der Waals surface area contributed by atoms with Gasteiger partial charge in [-0.1, -0.05) is 6.07 Å². The molecule has 2 aliphatic rings. The molecule has 2 amide bonds. The lowest BCUT2D eigenvalue weighted by atomic mass is 9.78. The summed E-state index contributed by atoms with van der Waals surface area (Å²) < 4.78 is 55.9. The number of anilines is 1. The van der Waals surface area contributed by atoms with E-state index in [4.69, 9.17) is 14.0 Å². The van der Waals surface area contributed by atoms with Crippen LogP contribution in [0.1, 0.15) is 27.7 Å². The number of hydrogen-bond donors (Lipinski definition) is 1. The van der Waals surface area contributed by atoms with Gasteiger partial charge >= 0.3 is 19.6 Å². The molecule has 0 spiro atoms. The number of cyclic esters (lactones) is 1. The standard InChI is InChI=1S/C18H22BF3N2O5/c1-17(2)18(3,4)29-19(28-17)12-6-5-10(7-13(12)20)24-9-11(27-16(24)26)8-23-15(25)14(21)22/h5-7,11,14H,8-9H2,1-4H3,(H,23,25). The predicted octanol–water partition coefficient (Wildman–Crippen LogP) is 1.83. The maximum atomic E-state index is 14.7. The highest BCUT2D eigenvalue weighted by Crippen LogP contribution is 2.36. The van der Waals surface area contributed by atoms with Gasteiger partial charge in [-0.2, -0.15) is 8.78 Å². The highest BCUT2D eigenvalue weighted by atomic mass is 19.3. The van der Waals surface area contributed by atoms with Crippen LogP contribution in [0.4, 0.5) is 23.7 Å². The lowest BCUT2D eigenvalue weighted by Crippen LogP contribution is -2.41. The Hall–Kier alpha value is -2.27. The minimum Gasteiger partial charge on any atom is -0.442 e. The van der Waals surface area contributed by atoms with Crippen LogP contribution in [-0.2, 0) is 18.8 Å². The molecule has 3 rings (SSSR count). The third-order valence-corrected chi connectivity index (χ3v) is 5.38. The van der Waals surface area contributed by atoms with Gasteiger partial charge in [0, 0.05) is 5.46 Å². The molecule has 7 nitrogen and oxygen atoms in total. The number of nitrogens with zero attached hydrogens (tertiary/aromatic N) is 1. The van der Waals surface area contributed by atoms with E-state index in [1.54, 1.807) is 0 Å². The number of benzene rings is 1. The Balaban J connectivity index is 1.69. The minimum absolute atomic E-state index is 0.0162. The second kappa shape index (κ2) is 7.53. The number of ether oxygens (including phenoxy) is 1. The van der Waals surface area contributed by atoms with Crippen LogP contribution in [0.3, 0.4) is 0 Å². The van der Waals surface area contributed by atoms with E-state index in [9.17, 15) is 22.8 Å². The van der Waals surface area contributed by atoms with E-state index in [1.807, 2.05) is 33.0 Å². The smallest absolute Gasteiger partial charge is 0.442 e. The van der Waals surface area contributed by atoms with Crippen molar-refractivity contribution in [2.24, 2.45) is 0 Å². The van der Waals surface area contributed by atoms with Crippen LogP contribution in [0, 0.1) is 5.82 Å². The van der Waals surface area contributed by atoms with Gasteiger partial charge in [-0.15, -0.1) is 0 Å². The largest absolute Gasteiger partial charge is 0.497 e. The van der Waals surface area contributed by atoms with Gasteiger partial charge in [0.15, 0.2) is 0 Å². The zero-order valence-electron chi connectivity index (χ0n) is 16.5. The molecule has 11 heteroatoms. The summed E-state index contributed by atoms with van der Waals surface area (Å²) in [6.45, 7) is 7.13. The fourth-order valence-electron chi connectivity index (χ4n) is 2.98. The molecule has 0 aliphatic carbocycles. The Kier molecular flexibility index (Phi) is 5.57. The molecule has 0 radical (unpaired) electrons. The van der Waals surface area contributed by atoms with Crippen molar-refractivity contribution < 1.29 is 36.8 Å². The molecular weight excluding hydrogens is 392 g/mol. The Morgan fingerprint density at radius 1 is 1.28 bits per heavy atom. The summed E-state index contributed by atoms with van der Waals surface area (Å²) in [5, 5.41) is 1.99. The molecule has 1 unspecified atom stereocenters. The SMILES string of the molecule is CC1(C)OB(c2ccc(N3CC(CNC(=O)C(F)F)OC3=O)cc2F)OC1(C)C. The summed E-state index contributed by atoms with van der Waals surface area (Å²) in [7, 11) is -0.892. The van der Waals surface area contributed by atoms with E-state index in [0.29, 0.717) is 0 Å². The summed E-state index contributed by atoms with van der Waals surface area (Å²) in [4.78, 5) is 24.2. The molecule has 1 N–H and O–H groups in total.